The minimum atomic E-state index is 0.757. The van der Waals surface area contributed by atoms with Crippen molar-refractivity contribution in [2.45, 2.75) is 65.1 Å². The highest BCUT2D eigenvalue weighted by atomic mass is 16.3. The first-order valence-electron chi connectivity index (χ1n) is 7.70. The topological polar surface area (TPSA) is 28.4 Å². The van der Waals surface area contributed by atoms with Crippen molar-refractivity contribution >= 4 is 0 Å². The summed E-state index contributed by atoms with van der Waals surface area (Å²) in [5.74, 6) is 2.18. The Morgan fingerprint density at radius 3 is 2.79 bits per heavy atom. The molecule has 0 amide bonds. The molecule has 1 aromatic heterocycles. The molecule has 1 aliphatic rings. The van der Waals surface area contributed by atoms with Crippen LogP contribution in [-0.4, -0.2) is 24.5 Å². The van der Waals surface area contributed by atoms with Gasteiger partial charge in [0.15, 0.2) is 0 Å². The summed E-state index contributed by atoms with van der Waals surface area (Å²) < 4.78 is 5.89. The highest BCUT2D eigenvalue weighted by molar-refractivity contribution is 5.20. The minimum Gasteiger partial charge on any atom is -0.465 e. The molecule has 0 aliphatic heterocycles. The monoisotopic (exact) mass is 264 g/mol. The van der Waals surface area contributed by atoms with Crippen molar-refractivity contribution in [1.82, 2.24) is 10.2 Å². The summed E-state index contributed by atoms with van der Waals surface area (Å²) in [6.45, 7) is 7.21. The molecule has 3 heteroatoms. The molecule has 0 unspecified atom stereocenters. The molecule has 0 aromatic carbocycles. The van der Waals surface area contributed by atoms with Gasteiger partial charge >= 0.3 is 0 Å². The molecule has 19 heavy (non-hydrogen) atoms. The molecule has 1 aliphatic carbocycles. The Bertz CT molecular complexity index is 380. The number of furan rings is 1. The van der Waals surface area contributed by atoms with Crippen LogP contribution in [0.2, 0.25) is 0 Å². The van der Waals surface area contributed by atoms with Gasteiger partial charge in [-0.25, -0.2) is 0 Å². The van der Waals surface area contributed by atoms with Crippen molar-refractivity contribution < 1.29 is 4.42 Å². The first-order valence-corrected chi connectivity index (χ1v) is 7.70. The lowest BCUT2D eigenvalue weighted by Gasteiger charge is -2.22. The Labute approximate surface area is 117 Å². The summed E-state index contributed by atoms with van der Waals surface area (Å²) in [6.07, 6.45) is 6.65. The van der Waals surface area contributed by atoms with Gasteiger partial charge in [0.05, 0.1) is 6.54 Å². The van der Waals surface area contributed by atoms with Crippen LogP contribution in [0.15, 0.2) is 10.5 Å². The zero-order valence-corrected chi connectivity index (χ0v) is 12.7. The lowest BCUT2D eigenvalue weighted by atomic mass is 10.2. The molecule has 3 nitrogen and oxygen atoms in total. The average Bonchev–Trinajstić information content (AvgIpc) is 3.00. The molecule has 0 saturated heterocycles. The van der Waals surface area contributed by atoms with E-state index in [9.17, 15) is 0 Å². The summed E-state index contributed by atoms with van der Waals surface area (Å²) in [5, 5.41) is 3.44. The van der Waals surface area contributed by atoms with Gasteiger partial charge in [0.1, 0.15) is 11.5 Å². The van der Waals surface area contributed by atoms with Crippen LogP contribution in [0.1, 0.15) is 56.1 Å². The van der Waals surface area contributed by atoms with Crippen molar-refractivity contribution in [3.63, 3.8) is 0 Å². The molecule has 0 atom stereocenters. The van der Waals surface area contributed by atoms with E-state index in [-0.39, 0.29) is 0 Å². The Hall–Kier alpha value is -0.800. The standard InChI is InChI=1S/C16H28N2O/c1-4-9-17-11-14-10-16(19-13(14)2)12-18(3)15-7-5-6-8-15/h10,15,17H,4-9,11-12H2,1-3H3. The second-order valence-electron chi connectivity index (χ2n) is 5.82. The van der Waals surface area contributed by atoms with Crippen molar-refractivity contribution in [1.29, 1.82) is 0 Å². The fourth-order valence-corrected chi connectivity index (χ4v) is 2.96. The van der Waals surface area contributed by atoms with Gasteiger partial charge in [-0.05, 0) is 45.8 Å². The van der Waals surface area contributed by atoms with Crippen molar-refractivity contribution in [3.05, 3.63) is 23.2 Å². The van der Waals surface area contributed by atoms with E-state index in [0.717, 1.165) is 37.2 Å². The van der Waals surface area contributed by atoms with Crippen LogP contribution in [0.4, 0.5) is 0 Å². The largest absolute Gasteiger partial charge is 0.465 e. The molecule has 0 spiro atoms. The van der Waals surface area contributed by atoms with E-state index in [0.29, 0.717) is 0 Å². The summed E-state index contributed by atoms with van der Waals surface area (Å²) >= 11 is 0. The summed E-state index contributed by atoms with van der Waals surface area (Å²) in [5.41, 5.74) is 1.31. The predicted octanol–water partition coefficient (Wildman–Crippen LogP) is 3.46. The van der Waals surface area contributed by atoms with E-state index in [1.165, 1.54) is 37.7 Å². The quantitative estimate of drug-likeness (QED) is 0.764. The highest BCUT2D eigenvalue weighted by Crippen LogP contribution is 2.24. The normalized spacial score (nSPS) is 16.6. The van der Waals surface area contributed by atoms with Gasteiger partial charge in [-0.15, -0.1) is 0 Å². The molecule has 1 N–H and O–H groups in total. The Morgan fingerprint density at radius 1 is 1.37 bits per heavy atom. The summed E-state index contributed by atoms with van der Waals surface area (Å²) in [6, 6.07) is 2.98. The number of nitrogens with zero attached hydrogens (tertiary/aromatic N) is 1. The van der Waals surface area contributed by atoms with Gasteiger partial charge < -0.3 is 9.73 Å². The summed E-state index contributed by atoms with van der Waals surface area (Å²) in [7, 11) is 2.23. The fraction of sp³-hybridized carbons (Fsp3) is 0.750. The lowest BCUT2D eigenvalue weighted by molar-refractivity contribution is 0.218. The zero-order chi connectivity index (χ0) is 13.7. The molecule has 1 aromatic rings. The number of nitrogens with one attached hydrogen (secondary N) is 1. The molecular weight excluding hydrogens is 236 g/mol. The van der Waals surface area contributed by atoms with E-state index in [1.807, 2.05) is 0 Å². The summed E-state index contributed by atoms with van der Waals surface area (Å²) in [4.78, 5) is 2.45. The van der Waals surface area contributed by atoms with Gasteiger partial charge in [-0.1, -0.05) is 19.8 Å². The van der Waals surface area contributed by atoms with E-state index in [2.05, 4.69) is 37.2 Å². The van der Waals surface area contributed by atoms with E-state index < -0.39 is 0 Å². The Kier molecular flexibility index (Phi) is 5.46. The highest BCUT2D eigenvalue weighted by Gasteiger charge is 2.20. The first kappa shape index (κ1) is 14.6. The number of hydrogen-bond acceptors (Lipinski definition) is 3. The smallest absolute Gasteiger partial charge is 0.118 e. The molecule has 0 radical (unpaired) electrons. The second-order valence-corrected chi connectivity index (χ2v) is 5.82. The predicted molar refractivity (Wildman–Crippen MR) is 79.2 cm³/mol. The lowest BCUT2D eigenvalue weighted by Crippen LogP contribution is -2.28. The van der Waals surface area contributed by atoms with Gasteiger partial charge in [0.25, 0.3) is 0 Å². The van der Waals surface area contributed by atoms with Crippen LogP contribution in [0.3, 0.4) is 0 Å². The third kappa shape index (κ3) is 4.08. The van der Waals surface area contributed by atoms with E-state index >= 15 is 0 Å². The van der Waals surface area contributed by atoms with Gasteiger partial charge in [-0.2, -0.15) is 0 Å². The molecule has 1 saturated carbocycles. The first-order chi connectivity index (χ1) is 9.20. The second kappa shape index (κ2) is 7.11. The average molecular weight is 264 g/mol. The number of hydrogen-bond donors (Lipinski definition) is 1. The molecular formula is C16H28N2O. The Morgan fingerprint density at radius 2 is 2.11 bits per heavy atom. The number of rotatable bonds is 7. The van der Waals surface area contributed by atoms with Gasteiger partial charge in [0, 0.05) is 18.2 Å². The SMILES string of the molecule is CCCNCc1cc(CN(C)C2CCCC2)oc1C. The maximum Gasteiger partial charge on any atom is 0.118 e. The maximum absolute atomic E-state index is 5.89. The Balaban J connectivity index is 1.87. The third-order valence-corrected chi connectivity index (χ3v) is 4.17. The zero-order valence-electron chi connectivity index (χ0n) is 12.7. The van der Waals surface area contributed by atoms with Gasteiger partial charge in [-0.3, -0.25) is 4.90 Å². The molecule has 2 rings (SSSR count). The molecule has 0 bridgehead atoms. The van der Waals surface area contributed by atoms with Crippen molar-refractivity contribution in [2.75, 3.05) is 13.6 Å². The maximum atomic E-state index is 5.89. The van der Waals surface area contributed by atoms with E-state index in [1.54, 1.807) is 0 Å². The van der Waals surface area contributed by atoms with Crippen LogP contribution < -0.4 is 5.32 Å². The van der Waals surface area contributed by atoms with Crippen LogP contribution in [-0.2, 0) is 13.1 Å². The third-order valence-electron chi connectivity index (χ3n) is 4.17. The molecule has 1 fully saturated rings. The van der Waals surface area contributed by atoms with Crippen LogP contribution >= 0.6 is 0 Å². The van der Waals surface area contributed by atoms with Crippen molar-refractivity contribution in [2.24, 2.45) is 0 Å². The minimum absolute atomic E-state index is 0.757. The fourth-order valence-electron chi connectivity index (χ4n) is 2.96. The van der Waals surface area contributed by atoms with Crippen molar-refractivity contribution in [3.8, 4) is 0 Å². The van der Waals surface area contributed by atoms with Crippen LogP contribution in [0.5, 0.6) is 0 Å². The molecule has 108 valence electrons. The molecule has 1 heterocycles. The van der Waals surface area contributed by atoms with Crippen LogP contribution in [0, 0.1) is 6.92 Å². The van der Waals surface area contributed by atoms with Gasteiger partial charge in [0.2, 0.25) is 0 Å². The number of aryl methyl sites for hydroxylation is 1. The van der Waals surface area contributed by atoms with E-state index in [4.69, 9.17) is 4.42 Å². The van der Waals surface area contributed by atoms with Crippen LogP contribution in [0.25, 0.3) is 0 Å².